The van der Waals surface area contributed by atoms with Crippen LogP contribution in [0.5, 0.6) is 0 Å². The molecule has 0 saturated heterocycles. The highest BCUT2D eigenvalue weighted by molar-refractivity contribution is 5.29. The summed E-state index contributed by atoms with van der Waals surface area (Å²) in [6.07, 6.45) is 1.74. The zero-order valence-electron chi connectivity index (χ0n) is 10.5. The van der Waals surface area contributed by atoms with E-state index in [1.165, 1.54) is 5.56 Å². The lowest BCUT2D eigenvalue weighted by molar-refractivity contribution is 0.247. The fourth-order valence-electron chi connectivity index (χ4n) is 1.80. The number of rotatable bonds is 5. The van der Waals surface area contributed by atoms with E-state index in [1.807, 2.05) is 6.92 Å². The molecule has 0 bridgehead atoms. The molecule has 1 aromatic rings. The van der Waals surface area contributed by atoms with Gasteiger partial charge < -0.3 is 10.8 Å². The largest absolute Gasteiger partial charge is 0.396 e. The Kier molecular flexibility index (Phi) is 4.51. The summed E-state index contributed by atoms with van der Waals surface area (Å²) in [5.74, 6) is 0.593. The number of aliphatic hydroxyl groups is 1. The van der Waals surface area contributed by atoms with E-state index in [0.29, 0.717) is 12.3 Å². The normalized spacial score (nSPS) is 16.8. The summed E-state index contributed by atoms with van der Waals surface area (Å²) in [5, 5.41) is 8.96. The first kappa shape index (κ1) is 13.2. The Morgan fingerprint density at radius 3 is 2.31 bits per heavy atom. The van der Waals surface area contributed by atoms with Crippen LogP contribution in [0.3, 0.4) is 0 Å². The van der Waals surface area contributed by atoms with E-state index in [0.717, 1.165) is 12.0 Å². The van der Waals surface area contributed by atoms with Crippen molar-refractivity contribution in [1.82, 2.24) is 0 Å². The Morgan fingerprint density at radius 2 is 1.88 bits per heavy atom. The maximum atomic E-state index is 8.96. The van der Waals surface area contributed by atoms with Crippen molar-refractivity contribution < 1.29 is 5.11 Å². The Morgan fingerprint density at radius 1 is 1.31 bits per heavy atom. The highest BCUT2D eigenvalue weighted by atomic mass is 16.3. The monoisotopic (exact) mass is 221 g/mol. The number of benzene rings is 1. The molecule has 2 atom stereocenters. The molecule has 2 heteroatoms. The van der Waals surface area contributed by atoms with E-state index in [2.05, 4.69) is 38.1 Å². The summed E-state index contributed by atoms with van der Waals surface area (Å²) in [6.45, 7) is 6.50. The lowest BCUT2D eigenvalue weighted by Gasteiger charge is -2.24. The first-order valence-electron chi connectivity index (χ1n) is 6.01. The zero-order chi connectivity index (χ0) is 12.2. The molecule has 1 rings (SSSR count). The molecular weight excluding hydrogens is 198 g/mol. The molecule has 3 N–H and O–H groups in total. The van der Waals surface area contributed by atoms with Gasteiger partial charge in [0.25, 0.3) is 0 Å². The van der Waals surface area contributed by atoms with Gasteiger partial charge in [-0.2, -0.15) is 0 Å². The van der Waals surface area contributed by atoms with E-state index in [1.54, 1.807) is 0 Å². The zero-order valence-corrected chi connectivity index (χ0v) is 10.5. The summed E-state index contributed by atoms with van der Waals surface area (Å²) in [4.78, 5) is 0. The maximum Gasteiger partial charge on any atom is 0.0451 e. The molecule has 0 amide bonds. The fourth-order valence-corrected chi connectivity index (χ4v) is 1.80. The van der Waals surface area contributed by atoms with E-state index in [-0.39, 0.29) is 6.61 Å². The first-order valence-corrected chi connectivity index (χ1v) is 6.01. The van der Waals surface area contributed by atoms with Gasteiger partial charge in [-0.15, -0.1) is 0 Å². The third-order valence-corrected chi connectivity index (χ3v) is 3.38. The third kappa shape index (κ3) is 3.06. The van der Waals surface area contributed by atoms with Crippen LogP contribution in [0.2, 0.25) is 0 Å². The number of hydrogen-bond donors (Lipinski definition) is 2. The van der Waals surface area contributed by atoms with Crippen molar-refractivity contribution in [3.8, 4) is 0 Å². The summed E-state index contributed by atoms with van der Waals surface area (Å²) in [7, 11) is 0. The van der Waals surface area contributed by atoms with Crippen LogP contribution in [0.15, 0.2) is 24.3 Å². The lowest BCUT2D eigenvalue weighted by Crippen LogP contribution is -2.33. The van der Waals surface area contributed by atoms with Crippen LogP contribution >= 0.6 is 0 Å². The summed E-state index contributed by atoms with van der Waals surface area (Å²) in [6, 6.07) is 8.45. The maximum absolute atomic E-state index is 8.96. The lowest BCUT2D eigenvalue weighted by atomic mass is 9.88. The van der Waals surface area contributed by atoms with Gasteiger partial charge in [-0.25, -0.2) is 0 Å². The Bertz CT molecular complexity index is 316. The van der Waals surface area contributed by atoms with E-state index >= 15 is 0 Å². The Balaban J connectivity index is 2.86. The second kappa shape index (κ2) is 5.46. The minimum atomic E-state index is -0.428. The number of hydrogen-bond acceptors (Lipinski definition) is 2. The van der Waals surface area contributed by atoms with Crippen molar-refractivity contribution in [1.29, 1.82) is 0 Å². The molecule has 0 aliphatic heterocycles. The predicted molar refractivity (Wildman–Crippen MR) is 68.4 cm³/mol. The fraction of sp³-hybridized carbons (Fsp3) is 0.571. The van der Waals surface area contributed by atoms with Gasteiger partial charge in [-0.3, -0.25) is 0 Å². The van der Waals surface area contributed by atoms with Gasteiger partial charge in [0.15, 0.2) is 0 Å². The van der Waals surface area contributed by atoms with Crippen molar-refractivity contribution in [3.63, 3.8) is 0 Å². The summed E-state index contributed by atoms with van der Waals surface area (Å²) in [5.41, 5.74) is 8.16. The summed E-state index contributed by atoms with van der Waals surface area (Å²) >= 11 is 0. The van der Waals surface area contributed by atoms with Gasteiger partial charge in [0.05, 0.1) is 0 Å². The first-order chi connectivity index (χ1) is 7.51. The number of nitrogens with two attached hydrogens (primary N) is 1. The third-order valence-electron chi connectivity index (χ3n) is 3.38. The molecule has 1 aromatic carbocycles. The van der Waals surface area contributed by atoms with Gasteiger partial charge >= 0.3 is 0 Å². The quantitative estimate of drug-likeness (QED) is 0.803. The average Bonchev–Trinajstić information content (AvgIpc) is 2.28. The molecule has 0 aromatic heterocycles. The topological polar surface area (TPSA) is 46.2 Å². The molecule has 0 saturated carbocycles. The minimum Gasteiger partial charge on any atom is -0.396 e. The molecule has 2 unspecified atom stereocenters. The van der Waals surface area contributed by atoms with Crippen molar-refractivity contribution >= 4 is 0 Å². The van der Waals surface area contributed by atoms with Crippen LogP contribution in [-0.4, -0.2) is 11.7 Å². The highest BCUT2D eigenvalue weighted by Crippen LogP contribution is 2.24. The van der Waals surface area contributed by atoms with Gasteiger partial charge in [-0.1, -0.05) is 38.1 Å². The molecule has 0 radical (unpaired) electrons. The smallest absolute Gasteiger partial charge is 0.0451 e. The van der Waals surface area contributed by atoms with Crippen LogP contribution in [0.25, 0.3) is 0 Å². The van der Waals surface area contributed by atoms with Crippen LogP contribution < -0.4 is 5.73 Å². The molecule has 0 aliphatic rings. The second-order valence-corrected chi connectivity index (χ2v) is 4.82. The number of aliphatic hydroxyl groups excluding tert-OH is 1. The molecule has 0 aliphatic carbocycles. The minimum absolute atomic E-state index is 0.125. The SMILES string of the molecule is CCC(C)c1ccc(C(C)(N)CCO)cc1. The van der Waals surface area contributed by atoms with Gasteiger partial charge in [0, 0.05) is 12.1 Å². The molecular formula is C14H23NO. The Hall–Kier alpha value is -0.860. The predicted octanol–water partition coefficient (Wildman–Crippen LogP) is 2.76. The molecule has 2 nitrogen and oxygen atoms in total. The molecule has 0 fully saturated rings. The van der Waals surface area contributed by atoms with E-state index in [9.17, 15) is 0 Å². The molecule has 0 spiro atoms. The Labute approximate surface area is 98.5 Å². The van der Waals surface area contributed by atoms with Gasteiger partial charge in [-0.05, 0) is 36.8 Å². The van der Waals surface area contributed by atoms with Crippen LogP contribution in [0, 0.1) is 0 Å². The second-order valence-electron chi connectivity index (χ2n) is 4.82. The van der Waals surface area contributed by atoms with Crippen molar-refractivity contribution in [3.05, 3.63) is 35.4 Å². The van der Waals surface area contributed by atoms with Crippen LogP contribution in [-0.2, 0) is 5.54 Å². The van der Waals surface area contributed by atoms with E-state index in [4.69, 9.17) is 10.8 Å². The van der Waals surface area contributed by atoms with Crippen molar-refractivity contribution in [2.75, 3.05) is 6.61 Å². The van der Waals surface area contributed by atoms with Gasteiger partial charge in [0.2, 0.25) is 0 Å². The average molecular weight is 221 g/mol. The summed E-state index contributed by atoms with van der Waals surface area (Å²) < 4.78 is 0. The standard InChI is InChI=1S/C14H23NO/c1-4-11(2)12-5-7-13(8-6-12)14(3,15)9-10-16/h5-8,11,16H,4,9-10,15H2,1-3H3. The van der Waals surface area contributed by atoms with Gasteiger partial charge in [0.1, 0.15) is 0 Å². The van der Waals surface area contributed by atoms with Crippen LogP contribution in [0.1, 0.15) is 50.7 Å². The van der Waals surface area contributed by atoms with Crippen molar-refractivity contribution in [2.24, 2.45) is 5.73 Å². The van der Waals surface area contributed by atoms with Crippen molar-refractivity contribution in [2.45, 2.75) is 45.1 Å². The molecule has 16 heavy (non-hydrogen) atoms. The highest BCUT2D eigenvalue weighted by Gasteiger charge is 2.20. The molecule has 90 valence electrons. The van der Waals surface area contributed by atoms with E-state index < -0.39 is 5.54 Å². The van der Waals surface area contributed by atoms with Crippen LogP contribution in [0.4, 0.5) is 0 Å². The molecule has 0 heterocycles.